The van der Waals surface area contributed by atoms with Gasteiger partial charge in [-0.25, -0.2) is 21.8 Å². The third-order valence-corrected chi connectivity index (χ3v) is 12.5. The van der Waals surface area contributed by atoms with Crippen molar-refractivity contribution >= 4 is 31.1 Å². The highest BCUT2D eigenvalue weighted by Crippen LogP contribution is 2.51. The van der Waals surface area contributed by atoms with E-state index in [1.807, 2.05) is 29.2 Å². The number of aromatic nitrogens is 1. The summed E-state index contributed by atoms with van der Waals surface area (Å²) < 4.78 is 93.3. The van der Waals surface area contributed by atoms with Crippen LogP contribution < -0.4 is 4.90 Å². The molecule has 2 heterocycles. The van der Waals surface area contributed by atoms with Crippen molar-refractivity contribution in [2.24, 2.45) is 11.3 Å². The molecule has 0 bridgehead atoms. The molecule has 0 radical (unpaired) electrons. The first kappa shape index (κ1) is 32.2. The summed E-state index contributed by atoms with van der Waals surface area (Å²) in [5.41, 5.74) is -3.82. The van der Waals surface area contributed by atoms with Gasteiger partial charge in [-0.05, 0) is 62.1 Å². The molecule has 2 saturated carbocycles. The molecule has 0 N–H and O–H groups in total. The molecule has 2 aliphatic carbocycles. The third kappa shape index (κ3) is 6.31. The van der Waals surface area contributed by atoms with Gasteiger partial charge >= 0.3 is 5.51 Å². The molecule has 0 spiro atoms. The summed E-state index contributed by atoms with van der Waals surface area (Å²) in [6.07, 6.45) is 4.52. The van der Waals surface area contributed by atoms with Crippen LogP contribution in [0.3, 0.4) is 0 Å². The molecule has 46 heavy (non-hydrogen) atoms. The van der Waals surface area contributed by atoms with Gasteiger partial charge in [-0.2, -0.15) is 18.4 Å². The number of alkyl halides is 3. The van der Waals surface area contributed by atoms with Gasteiger partial charge in [-0.15, -0.1) is 0 Å². The van der Waals surface area contributed by atoms with Crippen LogP contribution in [-0.4, -0.2) is 57.7 Å². The van der Waals surface area contributed by atoms with Crippen LogP contribution in [0.2, 0.25) is 0 Å². The molecule has 6 rings (SSSR count). The lowest BCUT2D eigenvalue weighted by atomic mass is 9.73. The van der Waals surface area contributed by atoms with Crippen LogP contribution in [-0.2, 0) is 24.5 Å². The van der Waals surface area contributed by atoms with Crippen LogP contribution in [0.4, 0.5) is 18.9 Å². The minimum atomic E-state index is -5.54. The largest absolute Gasteiger partial charge is 0.501 e. The van der Waals surface area contributed by atoms with Gasteiger partial charge in [0.15, 0.2) is 9.84 Å². The number of rotatable bonds is 8. The Labute approximate surface area is 265 Å². The summed E-state index contributed by atoms with van der Waals surface area (Å²) in [4.78, 5) is 19.4. The lowest BCUT2D eigenvalue weighted by Crippen LogP contribution is -2.40. The molecule has 3 aliphatic rings. The quantitative estimate of drug-likeness (QED) is 0.278. The SMILES string of the molecule is N#CC1(CC(=O)[C@@H]2CCCC[C@H]2c2oc(-c3ccc(S(=O)(=O)C(F)(F)F)cc3)nc2-c2ccc(N3CCS(=O)(=O)CC3)cc2)CC1. The van der Waals surface area contributed by atoms with Crippen LogP contribution >= 0.6 is 0 Å². The van der Waals surface area contributed by atoms with Crippen molar-refractivity contribution < 1.29 is 39.2 Å². The van der Waals surface area contributed by atoms with E-state index in [4.69, 9.17) is 9.40 Å². The number of hydrogen-bond acceptors (Lipinski definition) is 9. The van der Waals surface area contributed by atoms with Gasteiger partial charge in [0.25, 0.3) is 9.84 Å². The van der Waals surface area contributed by atoms with E-state index in [0.717, 1.165) is 30.7 Å². The maximum absolute atomic E-state index is 13.6. The summed E-state index contributed by atoms with van der Waals surface area (Å²) in [6, 6.07) is 13.8. The lowest BCUT2D eigenvalue weighted by molar-refractivity contribution is -0.125. The predicted octanol–water partition coefficient (Wildman–Crippen LogP) is 6.07. The number of nitriles is 1. The fourth-order valence-corrected chi connectivity index (χ4v) is 8.36. The molecular formula is C32H32F3N3O6S2. The fraction of sp³-hybridized carbons (Fsp3) is 0.469. The van der Waals surface area contributed by atoms with Gasteiger partial charge in [0.2, 0.25) is 5.89 Å². The van der Waals surface area contributed by atoms with Gasteiger partial charge in [0, 0.05) is 48.2 Å². The highest BCUT2D eigenvalue weighted by Gasteiger charge is 2.48. The number of anilines is 1. The molecular weight excluding hydrogens is 643 g/mol. The Bertz CT molecular complexity index is 1880. The maximum Gasteiger partial charge on any atom is 0.501 e. The standard InChI is InChI=1S/C32H32F3N3O6S2/c33-32(34,35)46(42,43)24-11-7-22(8-12-24)30-37-28(21-5-9-23(10-6-21)38-15-17-45(40,41)18-16-38)29(44-30)26-4-2-1-3-25(26)27(39)19-31(20-36)13-14-31/h5-12,25-26H,1-4,13-19H2/t25-,26-/m1/s1. The van der Waals surface area contributed by atoms with Crippen LogP contribution in [0.25, 0.3) is 22.7 Å². The number of ketones is 1. The Morgan fingerprint density at radius 3 is 2.20 bits per heavy atom. The number of benzene rings is 2. The highest BCUT2D eigenvalue weighted by atomic mass is 32.2. The number of sulfone groups is 2. The first-order valence-electron chi connectivity index (χ1n) is 15.1. The molecule has 14 heteroatoms. The van der Waals surface area contributed by atoms with Gasteiger partial charge in [0.05, 0.1) is 27.9 Å². The monoisotopic (exact) mass is 675 g/mol. The minimum Gasteiger partial charge on any atom is -0.440 e. The number of carbonyl (C=O) groups excluding carboxylic acids is 1. The van der Waals surface area contributed by atoms with E-state index in [-0.39, 0.29) is 41.1 Å². The van der Waals surface area contributed by atoms with Crippen molar-refractivity contribution in [3.05, 3.63) is 54.3 Å². The van der Waals surface area contributed by atoms with E-state index in [1.54, 1.807) is 0 Å². The maximum atomic E-state index is 13.6. The summed E-state index contributed by atoms with van der Waals surface area (Å²) in [6.45, 7) is 0.744. The van der Waals surface area contributed by atoms with Crippen molar-refractivity contribution in [3.8, 4) is 28.8 Å². The number of nitrogens with zero attached hydrogens (tertiary/aromatic N) is 3. The van der Waals surface area contributed by atoms with Gasteiger partial charge in [-0.3, -0.25) is 4.79 Å². The number of oxazole rings is 1. The van der Waals surface area contributed by atoms with Crippen molar-refractivity contribution in [3.63, 3.8) is 0 Å². The van der Waals surface area contributed by atoms with Crippen LogP contribution in [0.5, 0.6) is 0 Å². The topological polar surface area (TPSA) is 138 Å². The van der Waals surface area contributed by atoms with Crippen molar-refractivity contribution in [1.29, 1.82) is 5.26 Å². The van der Waals surface area contributed by atoms with Crippen LogP contribution in [0, 0.1) is 22.7 Å². The highest BCUT2D eigenvalue weighted by molar-refractivity contribution is 7.92. The van der Waals surface area contributed by atoms with Crippen molar-refractivity contribution in [1.82, 2.24) is 4.98 Å². The van der Waals surface area contributed by atoms with Crippen molar-refractivity contribution in [2.45, 2.75) is 61.3 Å². The number of carbonyl (C=O) groups is 1. The van der Waals surface area contributed by atoms with E-state index in [9.17, 15) is 40.1 Å². The first-order chi connectivity index (χ1) is 21.7. The molecule has 2 aromatic carbocycles. The van der Waals surface area contributed by atoms with Crippen LogP contribution in [0.1, 0.15) is 56.6 Å². The average molecular weight is 676 g/mol. The second-order valence-electron chi connectivity index (χ2n) is 12.4. The summed E-state index contributed by atoms with van der Waals surface area (Å²) in [5, 5.41) is 9.60. The molecule has 244 valence electrons. The van der Waals surface area contributed by atoms with Gasteiger partial charge < -0.3 is 9.32 Å². The fourth-order valence-electron chi connectivity index (χ4n) is 6.40. The first-order valence-corrected chi connectivity index (χ1v) is 18.4. The summed E-state index contributed by atoms with van der Waals surface area (Å²) >= 11 is 0. The Balaban J connectivity index is 1.37. The molecule has 1 aliphatic heterocycles. The smallest absolute Gasteiger partial charge is 0.440 e. The molecule has 1 aromatic heterocycles. The molecule has 0 unspecified atom stereocenters. The Morgan fingerprint density at radius 2 is 1.61 bits per heavy atom. The minimum absolute atomic E-state index is 0.00441. The Morgan fingerprint density at radius 1 is 1.00 bits per heavy atom. The third-order valence-electron chi connectivity index (χ3n) is 9.34. The zero-order valence-corrected chi connectivity index (χ0v) is 26.4. The molecule has 3 aromatic rings. The summed E-state index contributed by atoms with van der Waals surface area (Å²) in [5.74, 6) is -0.0728. The number of Topliss-reactive ketones (excluding diaryl/α,β-unsaturated/α-hetero) is 1. The van der Waals surface area contributed by atoms with E-state index in [0.29, 0.717) is 55.8 Å². The van der Waals surface area contributed by atoms with Crippen molar-refractivity contribution in [2.75, 3.05) is 29.5 Å². The molecule has 0 amide bonds. The summed E-state index contributed by atoms with van der Waals surface area (Å²) in [7, 11) is -8.59. The average Bonchev–Trinajstić information content (AvgIpc) is 3.67. The van der Waals surface area contributed by atoms with Crippen LogP contribution in [0.15, 0.2) is 57.8 Å². The second kappa shape index (κ2) is 11.8. The predicted molar refractivity (Wildman–Crippen MR) is 163 cm³/mol. The van der Waals surface area contributed by atoms with E-state index >= 15 is 0 Å². The molecule has 1 saturated heterocycles. The normalized spacial score (nSPS) is 22.6. The number of halogens is 3. The lowest BCUT2D eigenvalue weighted by Gasteiger charge is -2.30. The van der Waals surface area contributed by atoms with E-state index < -0.39 is 41.4 Å². The van der Waals surface area contributed by atoms with E-state index in [1.165, 1.54) is 12.1 Å². The van der Waals surface area contributed by atoms with E-state index in [2.05, 4.69) is 6.07 Å². The number of hydrogen-bond donors (Lipinski definition) is 0. The second-order valence-corrected chi connectivity index (χ2v) is 16.7. The Hall–Kier alpha value is -3.70. The van der Waals surface area contributed by atoms with Gasteiger partial charge in [-0.1, -0.05) is 25.0 Å². The zero-order valence-electron chi connectivity index (χ0n) is 24.8. The zero-order chi connectivity index (χ0) is 32.9. The molecule has 3 fully saturated rings. The molecule has 2 atom stereocenters. The molecule has 9 nitrogen and oxygen atoms in total. The van der Waals surface area contributed by atoms with Gasteiger partial charge in [0.1, 0.15) is 17.2 Å². The Kier molecular flexibility index (Phi) is 8.29.